The molecule has 0 spiro atoms. The minimum Gasteiger partial charge on any atom is -0.497 e. The number of rotatable bonds is 16. The van der Waals surface area contributed by atoms with Crippen molar-refractivity contribution in [3.8, 4) is 11.5 Å². The lowest BCUT2D eigenvalue weighted by atomic mass is 9.99. The topological polar surface area (TPSA) is 119 Å². The highest BCUT2D eigenvalue weighted by Gasteiger charge is 2.45. The molecule has 11 heteroatoms. The highest BCUT2D eigenvalue weighted by atomic mass is 28.3. The van der Waals surface area contributed by atoms with Gasteiger partial charge in [-0.2, -0.15) is 0 Å². The van der Waals surface area contributed by atoms with Crippen LogP contribution in [0.4, 0.5) is 0 Å². The van der Waals surface area contributed by atoms with Gasteiger partial charge in [0.2, 0.25) is 0 Å². The van der Waals surface area contributed by atoms with Crippen molar-refractivity contribution in [3.05, 3.63) is 77.4 Å². The fourth-order valence-corrected chi connectivity index (χ4v) is 6.63. The Labute approximate surface area is 291 Å². The molecule has 1 saturated carbocycles. The van der Waals surface area contributed by atoms with Gasteiger partial charge < -0.3 is 38.3 Å². The van der Waals surface area contributed by atoms with E-state index in [0.29, 0.717) is 29.9 Å². The lowest BCUT2D eigenvalue weighted by Gasteiger charge is -2.25. The molecule has 4 rings (SSSR count). The highest BCUT2D eigenvalue weighted by molar-refractivity contribution is 6.76. The number of hydrogen-bond acceptors (Lipinski definition) is 10. The maximum absolute atomic E-state index is 13.5. The van der Waals surface area contributed by atoms with E-state index in [9.17, 15) is 14.7 Å². The van der Waals surface area contributed by atoms with Gasteiger partial charge in [0.05, 0.1) is 31.5 Å². The Morgan fingerprint density at radius 2 is 1.82 bits per heavy atom. The third kappa shape index (κ3) is 11.3. The van der Waals surface area contributed by atoms with Crippen LogP contribution in [0.3, 0.4) is 0 Å². The Morgan fingerprint density at radius 3 is 2.47 bits per heavy atom. The van der Waals surface area contributed by atoms with Crippen molar-refractivity contribution in [1.29, 1.82) is 0 Å². The number of carbonyl (C=O) groups is 2. The molecule has 0 bridgehead atoms. The van der Waals surface area contributed by atoms with E-state index in [1.807, 2.05) is 38.1 Å². The largest absolute Gasteiger partial charge is 0.497 e. The number of benzene rings is 2. The summed E-state index contributed by atoms with van der Waals surface area (Å²) in [5.41, 5.74) is 1.23. The van der Waals surface area contributed by atoms with Gasteiger partial charge >= 0.3 is 11.9 Å². The number of ether oxygens (including phenoxy) is 7. The SMILES string of the molecule is COCOc1cc(OC)cc(C=CC[C@@H]2OC(C)(C)O[C@@H]2C(C=C[C@@H]2CCC[C@H]2O)OC(=O)c2ccccc2)c1C(=O)OCC[Si](C)(C)C. The van der Waals surface area contributed by atoms with Crippen molar-refractivity contribution in [2.24, 2.45) is 5.92 Å². The smallest absolute Gasteiger partial charge is 0.342 e. The first kappa shape index (κ1) is 38.3. The fraction of sp³-hybridized carbons (Fsp3) is 0.526. The van der Waals surface area contributed by atoms with Crippen LogP contribution in [0.1, 0.15) is 65.8 Å². The van der Waals surface area contributed by atoms with Gasteiger partial charge in [0, 0.05) is 27.2 Å². The minimum atomic E-state index is -1.44. The summed E-state index contributed by atoms with van der Waals surface area (Å²) >= 11 is 0. The predicted octanol–water partition coefficient (Wildman–Crippen LogP) is 7.04. The summed E-state index contributed by atoms with van der Waals surface area (Å²) in [6.07, 6.45) is 7.95. The molecule has 1 aliphatic carbocycles. The van der Waals surface area contributed by atoms with E-state index in [1.54, 1.807) is 49.6 Å². The quantitative estimate of drug-likeness (QED) is 0.0848. The summed E-state index contributed by atoms with van der Waals surface area (Å²) in [6, 6.07) is 13.0. The Morgan fingerprint density at radius 1 is 1.06 bits per heavy atom. The first-order valence-electron chi connectivity index (χ1n) is 17.0. The standard InChI is InChI=1S/C38H52O10Si/c1-38(2)47-32(35(48-38)31(20-19-26-15-11-17-30(26)39)46-36(40)27-13-9-8-10-14-27)18-12-16-28-23-29(43-4)24-33(45-25-42-3)34(28)37(41)44-21-22-49(5,6)7/h8-10,12-14,16,19-20,23-24,26,30-32,35,39H,11,15,17-18,21-22,25H2,1-7H3/t26-,30+,31?,32-,35+/m0/s1. The molecule has 1 N–H and O–H groups in total. The zero-order valence-corrected chi connectivity index (χ0v) is 30.8. The normalized spacial score (nSPS) is 22.8. The molecule has 1 unspecified atom stereocenters. The van der Waals surface area contributed by atoms with E-state index in [1.165, 1.54) is 7.11 Å². The van der Waals surface area contributed by atoms with E-state index < -0.39 is 50.2 Å². The number of hydrogen-bond donors (Lipinski definition) is 1. The molecule has 2 aromatic rings. The minimum absolute atomic E-state index is 0.0295. The predicted molar refractivity (Wildman–Crippen MR) is 190 cm³/mol. The second kappa shape index (κ2) is 17.4. The van der Waals surface area contributed by atoms with Gasteiger partial charge in [0.15, 0.2) is 12.6 Å². The Bertz CT molecular complexity index is 1450. The second-order valence-corrected chi connectivity index (χ2v) is 19.8. The molecule has 49 heavy (non-hydrogen) atoms. The summed E-state index contributed by atoms with van der Waals surface area (Å²) in [7, 11) is 1.61. The molecule has 0 amide bonds. The van der Waals surface area contributed by atoms with Crippen molar-refractivity contribution >= 4 is 26.1 Å². The first-order valence-corrected chi connectivity index (χ1v) is 20.7. The molecule has 1 saturated heterocycles. The molecule has 2 aliphatic rings. The van der Waals surface area contributed by atoms with E-state index in [0.717, 1.165) is 25.3 Å². The first-order chi connectivity index (χ1) is 23.3. The van der Waals surface area contributed by atoms with Crippen LogP contribution in [-0.4, -0.2) is 82.9 Å². The Kier molecular flexibility index (Phi) is 13.6. The maximum atomic E-state index is 13.5. The molecule has 1 aliphatic heterocycles. The summed E-state index contributed by atoms with van der Waals surface area (Å²) in [5.74, 6) is -1.19. The lowest BCUT2D eigenvalue weighted by molar-refractivity contribution is -0.152. The van der Waals surface area contributed by atoms with Crippen LogP contribution in [0.15, 0.2) is 60.7 Å². The van der Waals surface area contributed by atoms with Crippen LogP contribution in [0.25, 0.3) is 6.08 Å². The third-order valence-electron chi connectivity index (χ3n) is 8.51. The van der Waals surface area contributed by atoms with E-state index in [-0.39, 0.29) is 24.0 Å². The van der Waals surface area contributed by atoms with Gasteiger partial charge in [-0.15, -0.1) is 0 Å². The average molecular weight is 697 g/mol. The van der Waals surface area contributed by atoms with Crippen LogP contribution < -0.4 is 9.47 Å². The van der Waals surface area contributed by atoms with Gasteiger partial charge in [-0.05, 0) is 69.0 Å². The number of aliphatic hydroxyl groups is 1. The summed E-state index contributed by atoms with van der Waals surface area (Å²) in [6.45, 7) is 10.6. The maximum Gasteiger partial charge on any atom is 0.342 e. The van der Waals surface area contributed by atoms with Crippen LogP contribution in [0, 0.1) is 5.92 Å². The van der Waals surface area contributed by atoms with Crippen LogP contribution in [0.2, 0.25) is 25.7 Å². The van der Waals surface area contributed by atoms with Crippen LogP contribution in [-0.2, 0) is 23.7 Å². The van der Waals surface area contributed by atoms with E-state index in [2.05, 4.69) is 19.6 Å². The molecule has 2 aromatic carbocycles. The number of aliphatic hydroxyl groups excluding tert-OH is 1. The van der Waals surface area contributed by atoms with Crippen molar-refractivity contribution < 1.29 is 47.9 Å². The van der Waals surface area contributed by atoms with Gasteiger partial charge in [-0.25, -0.2) is 9.59 Å². The third-order valence-corrected chi connectivity index (χ3v) is 10.2. The molecule has 268 valence electrons. The molecular weight excluding hydrogens is 644 g/mol. The van der Waals surface area contributed by atoms with Crippen LogP contribution >= 0.6 is 0 Å². The molecule has 1 heterocycles. The Hall–Kier alpha value is -3.48. The molecule has 2 fully saturated rings. The Balaban J connectivity index is 1.62. The number of esters is 2. The summed E-state index contributed by atoms with van der Waals surface area (Å²) < 4.78 is 40.9. The van der Waals surface area contributed by atoms with Crippen molar-refractivity contribution in [2.45, 2.75) is 95.4 Å². The zero-order chi connectivity index (χ0) is 35.6. The van der Waals surface area contributed by atoms with Gasteiger partial charge in [0.25, 0.3) is 0 Å². The highest BCUT2D eigenvalue weighted by Crippen LogP contribution is 2.36. The summed E-state index contributed by atoms with van der Waals surface area (Å²) in [5, 5.41) is 10.5. The van der Waals surface area contributed by atoms with Crippen molar-refractivity contribution in [2.75, 3.05) is 27.6 Å². The molecule has 10 nitrogen and oxygen atoms in total. The summed E-state index contributed by atoms with van der Waals surface area (Å²) in [4.78, 5) is 26.7. The van der Waals surface area contributed by atoms with Gasteiger partial charge in [-0.1, -0.05) is 62.5 Å². The van der Waals surface area contributed by atoms with Gasteiger partial charge in [0.1, 0.15) is 29.3 Å². The molecule has 0 aromatic heterocycles. The monoisotopic (exact) mass is 696 g/mol. The average Bonchev–Trinajstić information content (AvgIpc) is 3.61. The van der Waals surface area contributed by atoms with Crippen molar-refractivity contribution in [3.63, 3.8) is 0 Å². The van der Waals surface area contributed by atoms with Gasteiger partial charge in [-0.3, -0.25) is 0 Å². The zero-order valence-electron chi connectivity index (χ0n) is 29.8. The molecule has 5 atom stereocenters. The van der Waals surface area contributed by atoms with Crippen LogP contribution in [0.5, 0.6) is 11.5 Å². The van der Waals surface area contributed by atoms with E-state index in [4.69, 9.17) is 33.2 Å². The number of methoxy groups -OCH3 is 2. The second-order valence-electron chi connectivity index (χ2n) is 14.1. The molecular formula is C38H52O10Si. The lowest BCUT2D eigenvalue weighted by Crippen LogP contribution is -2.37. The molecule has 0 radical (unpaired) electrons. The van der Waals surface area contributed by atoms with E-state index >= 15 is 0 Å². The fourth-order valence-electron chi connectivity index (χ4n) is 5.92. The number of carbonyl (C=O) groups excluding carboxylic acids is 2. The van der Waals surface area contributed by atoms with Crippen molar-refractivity contribution in [1.82, 2.24) is 0 Å².